The zero-order valence-electron chi connectivity index (χ0n) is 10.8. The summed E-state index contributed by atoms with van der Waals surface area (Å²) in [5, 5.41) is 5.82. The van der Waals surface area contributed by atoms with Crippen molar-refractivity contribution in [2.45, 2.75) is 6.42 Å². The second kappa shape index (κ2) is 6.61. The molecular formula is C14H16N4O. The minimum atomic E-state index is -0.160. The van der Waals surface area contributed by atoms with E-state index >= 15 is 0 Å². The summed E-state index contributed by atoms with van der Waals surface area (Å²) in [6, 6.07) is 7.57. The fraction of sp³-hybridized carbons (Fsp3) is 0.214. The Labute approximate surface area is 112 Å². The van der Waals surface area contributed by atoms with Crippen LogP contribution in [0.1, 0.15) is 15.9 Å². The Balaban J connectivity index is 2.14. The van der Waals surface area contributed by atoms with Gasteiger partial charge in [0.1, 0.15) is 0 Å². The van der Waals surface area contributed by atoms with Crippen molar-refractivity contribution in [3.8, 4) is 0 Å². The number of nitrogens with zero attached hydrogens (tertiary/aromatic N) is 2. The zero-order chi connectivity index (χ0) is 13.5. The van der Waals surface area contributed by atoms with Crippen LogP contribution in [0.5, 0.6) is 0 Å². The van der Waals surface area contributed by atoms with Crippen molar-refractivity contribution >= 4 is 11.7 Å². The van der Waals surface area contributed by atoms with Gasteiger partial charge < -0.3 is 10.6 Å². The molecule has 0 radical (unpaired) electrons. The molecule has 0 saturated carbocycles. The van der Waals surface area contributed by atoms with E-state index in [1.165, 1.54) is 6.20 Å². The van der Waals surface area contributed by atoms with E-state index in [4.69, 9.17) is 0 Å². The second-order valence-corrected chi connectivity index (χ2v) is 4.06. The van der Waals surface area contributed by atoms with Gasteiger partial charge in [0.15, 0.2) is 5.82 Å². The van der Waals surface area contributed by atoms with Crippen molar-refractivity contribution in [1.82, 2.24) is 15.3 Å². The molecular weight excluding hydrogens is 240 g/mol. The molecule has 0 atom stereocenters. The van der Waals surface area contributed by atoms with Crippen LogP contribution in [-0.2, 0) is 6.42 Å². The van der Waals surface area contributed by atoms with Crippen molar-refractivity contribution < 1.29 is 4.79 Å². The SMILES string of the molecule is CNCCc1ccccc1C(=O)Nc1cnccn1. The molecule has 1 aromatic heterocycles. The fourth-order valence-corrected chi connectivity index (χ4v) is 1.77. The third-order valence-corrected chi connectivity index (χ3v) is 2.71. The Bertz CT molecular complexity index is 542. The normalized spacial score (nSPS) is 10.2. The number of amides is 1. The van der Waals surface area contributed by atoms with E-state index in [0.717, 1.165) is 18.5 Å². The Kier molecular flexibility index (Phi) is 4.58. The summed E-state index contributed by atoms with van der Waals surface area (Å²) in [5.41, 5.74) is 1.68. The molecule has 5 nitrogen and oxygen atoms in total. The van der Waals surface area contributed by atoms with E-state index in [1.54, 1.807) is 12.4 Å². The number of nitrogens with one attached hydrogen (secondary N) is 2. The van der Waals surface area contributed by atoms with Crippen LogP contribution in [0.2, 0.25) is 0 Å². The summed E-state index contributed by atoms with van der Waals surface area (Å²) in [7, 11) is 1.89. The third kappa shape index (κ3) is 3.59. The molecule has 1 amide bonds. The lowest BCUT2D eigenvalue weighted by Crippen LogP contribution is -2.17. The highest BCUT2D eigenvalue weighted by Crippen LogP contribution is 2.11. The van der Waals surface area contributed by atoms with E-state index in [1.807, 2.05) is 31.3 Å². The molecule has 1 aromatic carbocycles. The fourth-order valence-electron chi connectivity index (χ4n) is 1.77. The molecule has 19 heavy (non-hydrogen) atoms. The lowest BCUT2D eigenvalue weighted by molar-refractivity contribution is 0.102. The molecule has 0 aliphatic heterocycles. The molecule has 0 aliphatic rings. The molecule has 2 aromatic rings. The molecule has 1 heterocycles. The zero-order valence-corrected chi connectivity index (χ0v) is 10.8. The minimum absolute atomic E-state index is 0.160. The summed E-state index contributed by atoms with van der Waals surface area (Å²) in [4.78, 5) is 20.1. The molecule has 0 bridgehead atoms. The van der Waals surface area contributed by atoms with Crippen molar-refractivity contribution in [3.63, 3.8) is 0 Å². The number of carbonyl (C=O) groups excluding carboxylic acids is 1. The van der Waals surface area contributed by atoms with Crippen LogP contribution in [0.25, 0.3) is 0 Å². The van der Waals surface area contributed by atoms with Gasteiger partial charge >= 0.3 is 0 Å². The van der Waals surface area contributed by atoms with Crippen molar-refractivity contribution in [1.29, 1.82) is 0 Å². The maximum absolute atomic E-state index is 12.2. The Morgan fingerprint density at radius 2 is 2.11 bits per heavy atom. The summed E-state index contributed by atoms with van der Waals surface area (Å²) in [6.07, 6.45) is 5.44. The molecule has 5 heteroatoms. The number of aromatic nitrogens is 2. The Morgan fingerprint density at radius 3 is 2.84 bits per heavy atom. The number of carbonyl (C=O) groups is 1. The first-order valence-electron chi connectivity index (χ1n) is 6.11. The average Bonchev–Trinajstić information content (AvgIpc) is 2.46. The first-order chi connectivity index (χ1) is 9.31. The van der Waals surface area contributed by atoms with Crippen molar-refractivity contribution in [2.24, 2.45) is 0 Å². The van der Waals surface area contributed by atoms with Crippen LogP contribution in [0.4, 0.5) is 5.82 Å². The summed E-state index contributed by atoms with van der Waals surface area (Å²) in [5.74, 6) is 0.295. The number of likely N-dealkylation sites (N-methyl/N-ethyl adjacent to an activating group) is 1. The van der Waals surface area contributed by atoms with Crippen LogP contribution in [-0.4, -0.2) is 29.5 Å². The summed E-state index contributed by atoms with van der Waals surface area (Å²) < 4.78 is 0. The lowest BCUT2D eigenvalue weighted by atomic mass is 10.0. The number of anilines is 1. The Morgan fingerprint density at radius 1 is 1.26 bits per heavy atom. The quantitative estimate of drug-likeness (QED) is 0.850. The van der Waals surface area contributed by atoms with E-state index in [2.05, 4.69) is 20.6 Å². The van der Waals surface area contributed by atoms with Crippen LogP contribution >= 0.6 is 0 Å². The largest absolute Gasteiger partial charge is 0.319 e. The van der Waals surface area contributed by atoms with Crippen LogP contribution < -0.4 is 10.6 Å². The number of hydrogen-bond donors (Lipinski definition) is 2. The Hall–Kier alpha value is -2.27. The average molecular weight is 256 g/mol. The van der Waals surface area contributed by atoms with E-state index < -0.39 is 0 Å². The smallest absolute Gasteiger partial charge is 0.257 e. The third-order valence-electron chi connectivity index (χ3n) is 2.71. The first kappa shape index (κ1) is 13.2. The van der Waals surface area contributed by atoms with Gasteiger partial charge in [-0.25, -0.2) is 4.98 Å². The highest BCUT2D eigenvalue weighted by atomic mass is 16.1. The highest BCUT2D eigenvalue weighted by molar-refractivity contribution is 6.04. The van der Waals surface area contributed by atoms with Crippen molar-refractivity contribution in [2.75, 3.05) is 18.9 Å². The summed E-state index contributed by atoms with van der Waals surface area (Å²) in [6.45, 7) is 0.829. The van der Waals surface area contributed by atoms with Crippen LogP contribution in [0.15, 0.2) is 42.9 Å². The van der Waals surface area contributed by atoms with Gasteiger partial charge in [0.05, 0.1) is 6.20 Å². The number of rotatable bonds is 5. The van der Waals surface area contributed by atoms with Crippen molar-refractivity contribution in [3.05, 3.63) is 54.0 Å². The molecule has 98 valence electrons. The maximum atomic E-state index is 12.2. The predicted octanol–water partition coefficient (Wildman–Crippen LogP) is 1.49. The first-order valence-corrected chi connectivity index (χ1v) is 6.11. The maximum Gasteiger partial charge on any atom is 0.257 e. The van der Waals surface area contributed by atoms with E-state index in [9.17, 15) is 4.79 Å². The van der Waals surface area contributed by atoms with Gasteiger partial charge in [0.25, 0.3) is 5.91 Å². The van der Waals surface area contributed by atoms with Gasteiger partial charge in [-0.2, -0.15) is 0 Å². The minimum Gasteiger partial charge on any atom is -0.319 e. The second-order valence-electron chi connectivity index (χ2n) is 4.06. The van der Waals surface area contributed by atoms with E-state index in [0.29, 0.717) is 11.4 Å². The molecule has 0 saturated heterocycles. The van der Waals surface area contributed by atoms with Gasteiger partial charge in [-0.15, -0.1) is 0 Å². The lowest BCUT2D eigenvalue weighted by Gasteiger charge is -2.09. The van der Waals surface area contributed by atoms with Gasteiger partial charge in [-0.05, 0) is 31.6 Å². The topological polar surface area (TPSA) is 66.9 Å². The molecule has 2 N–H and O–H groups in total. The van der Waals surface area contributed by atoms with E-state index in [-0.39, 0.29) is 5.91 Å². The predicted molar refractivity (Wildman–Crippen MR) is 74.1 cm³/mol. The molecule has 0 unspecified atom stereocenters. The monoisotopic (exact) mass is 256 g/mol. The highest BCUT2D eigenvalue weighted by Gasteiger charge is 2.11. The molecule has 0 aliphatic carbocycles. The molecule has 2 rings (SSSR count). The molecule has 0 spiro atoms. The van der Waals surface area contributed by atoms with Gasteiger partial charge in [-0.3, -0.25) is 9.78 Å². The number of benzene rings is 1. The number of hydrogen-bond acceptors (Lipinski definition) is 4. The van der Waals surface area contributed by atoms with Crippen LogP contribution in [0, 0.1) is 0 Å². The standard InChI is InChI=1S/C14H16N4O/c1-15-7-6-11-4-2-3-5-12(11)14(19)18-13-10-16-8-9-17-13/h2-5,8-10,15H,6-7H2,1H3,(H,17,18,19). The summed E-state index contributed by atoms with van der Waals surface area (Å²) >= 11 is 0. The van der Waals surface area contributed by atoms with Gasteiger partial charge in [0.2, 0.25) is 0 Å². The molecule has 0 fully saturated rings. The van der Waals surface area contributed by atoms with Gasteiger partial charge in [0, 0.05) is 18.0 Å². The van der Waals surface area contributed by atoms with Gasteiger partial charge in [-0.1, -0.05) is 18.2 Å². The van der Waals surface area contributed by atoms with Crippen LogP contribution in [0.3, 0.4) is 0 Å².